The van der Waals surface area contributed by atoms with Crippen LogP contribution in [0.4, 0.5) is 0 Å². The van der Waals surface area contributed by atoms with Crippen LogP contribution in [0.2, 0.25) is 0 Å². The molecule has 3 nitrogen and oxygen atoms in total. The highest BCUT2D eigenvalue weighted by molar-refractivity contribution is 7.17. The Labute approximate surface area is 76.1 Å². The number of nitrogens with one attached hydrogen (secondary N) is 1. The minimum absolute atomic E-state index is 0.250. The number of hydrogen-bond donors (Lipinski definition) is 2. The van der Waals surface area contributed by atoms with Crippen LogP contribution >= 0.6 is 9.24 Å². The van der Waals surface area contributed by atoms with E-state index in [1.165, 1.54) is 25.8 Å². The van der Waals surface area contributed by atoms with Crippen molar-refractivity contribution in [3.05, 3.63) is 0 Å². The Hall–Kier alpha value is -0.140. The van der Waals surface area contributed by atoms with Crippen molar-refractivity contribution in [2.75, 3.05) is 6.54 Å². The summed E-state index contributed by atoms with van der Waals surface area (Å²) in [6, 6.07) is 0.746. The summed E-state index contributed by atoms with van der Waals surface area (Å²) in [6.07, 6.45) is 4.12. The fraction of sp³-hybridized carbons (Fsp3) is 0.875. The lowest BCUT2D eigenvalue weighted by atomic mass is 10.1. The molecular weight excluding hydrogens is 173 g/mol. The molecule has 2 N–H and O–H groups in total. The molecule has 4 heteroatoms. The quantitative estimate of drug-likeness (QED) is 0.445. The van der Waals surface area contributed by atoms with E-state index >= 15 is 0 Å². The van der Waals surface area contributed by atoms with Crippen LogP contribution in [0.25, 0.3) is 0 Å². The van der Waals surface area contributed by atoms with E-state index in [9.17, 15) is 0 Å². The maximum absolute atomic E-state index is 8.36. The summed E-state index contributed by atoms with van der Waals surface area (Å²) in [4.78, 5) is 8.36. The molecule has 12 heavy (non-hydrogen) atoms. The van der Waals surface area contributed by atoms with E-state index in [4.69, 9.17) is 9.90 Å². The van der Waals surface area contributed by atoms with Gasteiger partial charge in [-0.15, -0.1) is 9.24 Å². The molecule has 0 aromatic carbocycles. The maximum Gasteiger partial charge on any atom is 0.290 e. The maximum atomic E-state index is 8.36. The van der Waals surface area contributed by atoms with Gasteiger partial charge in [-0.05, 0) is 25.4 Å². The lowest BCUT2D eigenvalue weighted by Crippen LogP contribution is -2.27. The lowest BCUT2D eigenvalue weighted by molar-refractivity contribution is -0.122. The molecule has 0 aliphatic carbocycles. The number of carbonyl (C=O) groups is 1. The predicted octanol–water partition coefficient (Wildman–Crippen LogP) is 1.09. The van der Waals surface area contributed by atoms with Crippen LogP contribution in [0.5, 0.6) is 0 Å². The van der Waals surface area contributed by atoms with Gasteiger partial charge < -0.3 is 10.4 Å². The Bertz CT molecular complexity index is 112. The third-order valence-electron chi connectivity index (χ3n) is 1.94. The molecule has 0 aromatic heterocycles. The molecule has 0 aromatic rings. The summed E-state index contributed by atoms with van der Waals surface area (Å²) in [5.41, 5.74) is 0.815. The second-order valence-corrected chi connectivity index (χ2v) is 4.05. The van der Waals surface area contributed by atoms with Crippen molar-refractivity contribution in [2.45, 2.75) is 37.9 Å². The highest BCUT2D eigenvalue weighted by atomic mass is 31.0. The fourth-order valence-corrected chi connectivity index (χ4v) is 1.61. The predicted molar refractivity (Wildman–Crippen MR) is 53.5 cm³/mol. The normalized spacial score (nSPS) is 29.5. The Kier molecular flexibility index (Phi) is 7.42. The van der Waals surface area contributed by atoms with Gasteiger partial charge >= 0.3 is 0 Å². The van der Waals surface area contributed by atoms with Crippen molar-refractivity contribution in [1.29, 1.82) is 0 Å². The first kappa shape index (κ1) is 11.9. The topological polar surface area (TPSA) is 49.3 Å². The average molecular weight is 191 g/mol. The van der Waals surface area contributed by atoms with Crippen LogP contribution in [0.1, 0.15) is 26.2 Å². The number of carboxylic acid groups (broad SMARTS) is 1. The molecule has 1 rings (SSSR count). The molecule has 0 bridgehead atoms. The molecule has 3 unspecified atom stereocenters. The van der Waals surface area contributed by atoms with Gasteiger partial charge in [-0.1, -0.05) is 6.42 Å². The molecule has 1 heterocycles. The molecule has 0 radical (unpaired) electrons. The molecular formula is C8H18NO2P. The van der Waals surface area contributed by atoms with Crippen molar-refractivity contribution in [2.24, 2.45) is 0 Å². The first-order valence-corrected chi connectivity index (χ1v) is 4.94. The third-order valence-corrected chi connectivity index (χ3v) is 2.51. The second-order valence-electron chi connectivity index (χ2n) is 3.11. The third kappa shape index (κ3) is 6.56. The van der Waals surface area contributed by atoms with Gasteiger partial charge in [-0.25, -0.2) is 0 Å². The smallest absolute Gasteiger partial charge is 0.290 e. The van der Waals surface area contributed by atoms with Crippen LogP contribution in [-0.4, -0.2) is 29.8 Å². The van der Waals surface area contributed by atoms with Crippen LogP contribution in [-0.2, 0) is 4.79 Å². The van der Waals surface area contributed by atoms with Crippen molar-refractivity contribution in [3.8, 4) is 0 Å². The summed E-state index contributed by atoms with van der Waals surface area (Å²) in [5.74, 6) is 0. The lowest BCUT2D eigenvalue weighted by Gasteiger charge is -2.08. The molecule has 1 aliphatic heterocycles. The molecule has 1 aliphatic rings. The highest BCUT2D eigenvalue weighted by Crippen LogP contribution is 2.14. The van der Waals surface area contributed by atoms with E-state index in [1.54, 1.807) is 0 Å². The van der Waals surface area contributed by atoms with Gasteiger partial charge in [0.2, 0.25) is 0 Å². The number of rotatable bonds is 0. The number of hydrogen-bond acceptors (Lipinski definition) is 2. The first-order valence-electron chi connectivity index (χ1n) is 4.27. The minimum atomic E-state index is -0.250. The van der Waals surface area contributed by atoms with E-state index in [-0.39, 0.29) is 6.47 Å². The van der Waals surface area contributed by atoms with Gasteiger partial charge in [-0.3, -0.25) is 4.79 Å². The van der Waals surface area contributed by atoms with Crippen molar-refractivity contribution < 1.29 is 9.90 Å². The molecule has 0 amide bonds. The monoisotopic (exact) mass is 191 g/mol. The van der Waals surface area contributed by atoms with Crippen molar-refractivity contribution in [1.82, 2.24) is 5.32 Å². The largest absolute Gasteiger partial charge is 0.483 e. The molecule has 72 valence electrons. The van der Waals surface area contributed by atoms with Gasteiger partial charge in [0.15, 0.2) is 0 Å². The van der Waals surface area contributed by atoms with Crippen LogP contribution in [0, 0.1) is 0 Å². The van der Waals surface area contributed by atoms with Gasteiger partial charge in [-0.2, -0.15) is 0 Å². The standard InChI is InChI=1S/C7H16NP.CH2O2/c1-6-3-2-4-7(9)5-8-6;2-1-3/h6-8H,2-5,9H2,1H3;1H,(H,2,3). The summed E-state index contributed by atoms with van der Waals surface area (Å²) >= 11 is 0. The zero-order chi connectivity index (χ0) is 9.40. The van der Waals surface area contributed by atoms with E-state index < -0.39 is 0 Å². The summed E-state index contributed by atoms with van der Waals surface area (Å²) in [7, 11) is 2.89. The fourth-order valence-electron chi connectivity index (χ4n) is 1.24. The Morgan fingerprint density at radius 3 is 2.75 bits per heavy atom. The van der Waals surface area contributed by atoms with E-state index in [0.717, 1.165) is 11.7 Å². The molecule has 0 spiro atoms. The SMILES string of the molecule is CC1CCCC(P)CN1.O=CO. The van der Waals surface area contributed by atoms with Crippen LogP contribution in [0.3, 0.4) is 0 Å². The molecule has 1 fully saturated rings. The summed E-state index contributed by atoms with van der Waals surface area (Å²) in [6.45, 7) is 3.20. The van der Waals surface area contributed by atoms with Crippen molar-refractivity contribution in [3.63, 3.8) is 0 Å². The molecule has 1 saturated heterocycles. The van der Waals surface area contributed by atoms with Crippen LogP contribution < -0.4 is 5.32 Å². The zero-order valence-corrected chi connectivity index (χ0v) is 8.65. The van der Waals surface area contributed by atoms with Gasteiger partial charge in [0.25, 0.3) is 6.47 Å². The Balaban J connectivity index is 0.000000354. The van der Waals surface area contributed by atoms with E-state index in [2.05, 4.69) is 21.5 Å². The Morgan fingerprint density at radius 2 is 2.17 bits per heavy atom. The molecule has 3 atom stereocenters. The highest BCUT2D eigenvalue weighted by Gasteiger charge is 2.10. The van der Waals surface area contributed by atoms with E-state index in [0.29, 0.717) is 0 Å². The Morgan fingerprint density at radius 1 is 1.58 bits per heavy atom. The summed E-state index contributed by atoms with van der Waals surface area (Å²) < 4.78 is 0. The first-order chi connectivity index (χ1) is 5.70. The van der Waals surface area contributed by atoms with Gasteiger partial charge in [0.1, 0.15) is 0 Å². The summed E-state index contributed by atoms with van der Waals surface area (Å²) in [5, 5.41) is 10.4. The molecule has 0 saturated carbocycles. The van der Waals surface area contributed by atoms with Crippen molar-refractivity contribution >= 4 is 15.7 Å². The average Bonchev–Trinajstić information content (AvgIpc) is 2.18. The zero-order valence-electron chi connectivity index (χ0n) is 7.49. The van der Waals surface area contributed by atoms with E-state index in [1.807, 2.05) is 0 Å². The van der Waals surface area contributed by atoms with Gasteiger partial charge in [0.05, 0.1) is 0 Å². The minimum Gasteiger partial charge on any atom is -0.483 e. The van der Waals surface area contributed by atoms with Crippen LogP contribution in [0.15, 0.2) is 0 Å². The van der Waals surface area contributed by atoms with Gasteiger partial charge in [0, 0.05) is 12.6 Å². The second kappa shape index (κ2) is 7.51.